The number of benzene rings is 1. The molecule has 0 radical (unpaired) electrons. The largest absolute Gasteiger partial charge is 0.480 e. The zero-order chi connectivity index (χ0) is 22.8. The van der Waals surface area contributed by atoms with Gasteiger partial charge in [-0.25, -0.2) is 4.79 Å². The van der Waals surface area contributed by atoms with E-state index >= 15 is 0 Å². The molecule has 0 aliphatic carbocycles. The summed E-state index contributed by atoms with van der Waals surface area (Å²) < 4.78 is 0. The molecule has 3 amide bonds. The molecule has 166 valence electrons. The van der Waals surface area contributed by atoms with E-state index in [0.29, 0.717) is 0 Å². The van der Waals surface area contributed by atoms with Gasteiger partial charge in [-0.1, -0.05) is 44.2 Å². The Bertz CT molecular complexity index is 738. The number of hydrogen-bond donors (Lipinski definition) is 6. The summed E-state index contributed by atoms with van der Waals surface area (Å²) in [5.41, 5.74) is 6.22. The van der Waals surface area contributed by atoms with E-state index in [-0.39, 0.29) is 12.3 Å². The van der Waals surface area contributed by atoms with Gasteiger partial charge in [0.05, 0.1) is 12.6 Å². The van der Waals surface area contributed by atoms with Crippen LogP contribution in [-0.2, 0) is 25.6 Å². The number of aliphatic carboxylic acids is 1. The lowest BCUT2D eigenvalue weighted by Gasteiger charge is -2.24. The Morgan fingerprint density at radius 3 is 2.10 bits per heavy atom. The van der Waals surface area contributed by atoms with Crippen molar-refractivity contribution in [3.05, 3.63) is 35.9 Å². The second-order valence-electron chi connectivity index (χ2n) is 7.36. The molecule has 1 aromatic carbocycles. The molecular formula is C20H30N4O6. The third-order valence-corrected chi connectivity index (χ3v) is 4.41. The lowest BCUT2D eigenvalue weighted by Crippen LogP contribution is -2.56. The number of nitrogens with two attached hydrogens (primary N) is 1. The highest BCUT2D eigenvalue weighted by atomic mass is 16.4. The first kappa shape index (κ1) is 25.1. The molecule has 0 bridgehead atoms. The van der Waals surface area contributed by atoms with Crippen LogP contribution < -0.4 is 21.7 Å². The maximum atomic E-state index is 12.6. The SMILES string of the molecule is CC(C)C(NC(=O)CNC(=O)C(N)C(C)O)C(=O)NC(Cc1ccccc1)C(=O)O. The maximum Gasteiger partial charge on any atom is 0.326 e. The van der Waals surface area contributed by atoms with E-state index in [4.69, 9.17) is 5.73 Å². The Morgan fingerprint density at radius 2 is 1.60 bits per heavy atom. The molecule has 0 aliphatic heterocycles. The predicted octanol–water partition coefficient (Wildman–Crippen LogP) is -1.24. The summed E-state index contributed by atoms with van der Waals surface area (Å²) in [4.78, 5) is 48.1. The van der Waals surface area contributed by atoms with Gasteiger partial charge in [-0.2, -0.15) is 0 Å². The molecule has 0 saturated carbocycles. The predicted molar refractivity (Wildman–Crippen MR) is 109 cm³/mol. The topological polar surface area (TPSA) is 171 Å². The van der Waals surface area contributed by atoms with Crippen molar-refractivity contribution in [2.24, 2.45) is 11.7 Å². The van der Waals surface area contributed by atoms with Crippen molar-refractivity contribution < 1.29 is 29.4 Å². The zero-order valence-corrected chi connectivity index (χ0v) is 17.3. The molecule has 7 N–H and O–H groups in total. The summed E-state index contributed by atoms with van der Waals surface area (Å²) in [5, 5.41) is 26.0. The van der Waals surface area contributed by atoms with Crippen molar-refractivity contribution in [2.45, 2.75) is 51.4 Å². The summed E-state index contributed by atoms with van der Waals surface area (Å²) in [6, 6.07) is 5.50. The minimum absolute atomic E-state index is 0.0912. The Labute approximate surface area is 175 Å². The first-order valence-electron chi connectivity index (χ1n) is 9.60. The molecule has 0 spiro atoms. The fraction of sp³-hybridized carbons (Fsp3) is 0.500. The Morgan fingerprint density at radius 1 is 1.00 bits per heavy atom. The van der Waals surface area contributed by atoms with Crippen molar-refractivity contribution in [3.63, 3.8) is 0 Å². The summed E-state index contributed by atoms with van der Waals surface area (Å²) in [5.74, 6) is -3.53. The number of aliphatic hydroxyl groups is 1. The van der Waals surface area contributed by atoms with E-state index in [1.807, 2.05) is 0 Å². The molecule has 10 nitrogen and oxygen atoms in total. The molecule has 0 heterocycles. The van der Waals surface area contributed by atoms with Gasteiger partial charge in [-0.15, -0.1) is 0 Å². The van der Waals surface area contributed by atoms with Gasteiger partial charge in [0.2, 0.25) is 17.7 Å². The van der Waals surface area contributed by atoms with Crippen LogP contribution in [0, 0.1) is 5.92 Å². The minimum Gasteiger partial charge on any atom is -0.480 e. The van der Waals surface area contributed by atoms with Crippen molar-refractivity contribution in [3.8, 4) is 0 Å². The molecule has 1 rings (SSSR count). The number of carbonyl (C=O) groups excluding carboxylic acids is 3. The molecule has 4 atom stereocenters. The quantitative estimate of drug-likeness (QED) is 0.259. The minimum atomic E-state index is -1.19. The third-order valence-electron chi connectivity index (χ3n) is 4.41. The maximum absolute atomic E-state index is 12.6. The van der Waals surface area contributed by atoms with Crippen LogP contribution in [0.1, 0.15) is 26.3 Å². The number of hydrogen-bond acceptors (Lipinski definition) is 6. The standard InChI is InChI=1S/C20H30N4O6/c1-11(2)17(24-15(26)10-22-18(27)16(21)12(3)25)19(28)23-14(20(29)30)9-13-7-5-4-6-8-13/h4-8,11-12,14,16-17,25H,9-10,21H2,1-3H3,(H,22,27)(H,23,28)(H,24,26)(H,29,30). The van der Waals surface area contributed by atoms with E-state index in [1.54, 1.807) is 44.2 Å². The number of rotatable bonds is 11. The molecule has 1 aromatic rings. The molecule has 30 heavy (non-hydrogen) atoms. The fourth-order valence-electron chi connectivity index (χ4n) is 2.58. The number of carboxylic acid groups (broad SMARTS) is 1. The van der Waals surface area contributed by atoms with E-state index < -0.39 is 54.5 Å². The third kappa shape index (κ3) is 8.18. The van der Waals surface area contributed by atoms with Crippen LogP contribution in [0.5, 0.6) is 0 Å². The van der Waals surface area contributed by atoms with E-state index in [0.717, 1.165) is 5.56 Å². The van der Waals surface area contributed by atoms with E-state index in [2.05, 4.69) is 16.0 Å². The smallest absolute Gasteiger partial charge is 0.326 e. The highest BCUT2D eigenvalue weighted by Gasteiger charge is 2.29. The Kier molecular flexibility index (Phi) is 9.93. The number of nitrogens with one attached hydrogen (secondary N) is 3. The molecule has 0 saturated heterocycles. The van der Waals surface area contributed by atoms with Gasteiger partial charge in [0.1, 0.15) is 18.1 Å². The van der Waals surface area contributed by atoms with Crippen molar-refractivity contribution in [1.29, 1.82) is 0 Å². The normalized spacial score (nSPS) is 14.9. The van der Waals surface area contributed by atoms with Gasteiger partial charge < -0.3 is 31.9 Å². The summed E-state index contributed by atoms with van der Waals surface area (Å²) in [6.07, 6.45) is -0.992. The monoisotopic (exact) mass is 422 g/mol. The molecule has 0 aliphatic rings. The zero-order valence-electron chi connectivity index (χ0n) is 17.3. The van der Waals surface area contributed by atoms with Crippen molar-refractivity contribution in [1.82, 2.24) is 16.0 Å². The molecule has 0 aromatic heterocycles. The molecule has 4 unspecified atom stereocenters. The lowest BCUT2D eigenvalue weighted by molar-refractivity contribution is -0.142. The van der Waals surface area contributed by atoms with Crippen LogP contribution in [0.15, 0.2) is 30.3 Å². The van der Waals surface area contributed by atoms with E-state index in [9.17, 15) is 29.4 Å². The highest BCUT2D eigenvalue weighted by Crippen LogP contribution is 2.06. The van der Waals surface area contributed by atoms with Crippen LogP contribution >= 0.6 is 0 Å². The second-order valence-corrected chi connectivity index (χ2v) is 7.36. The first-order valence-corrected chi connectivity index (χ1v) is 9.60. The van der Waals surface area contributed by atoms with Gasteiger partial charge in [0.15, 0.2) is 0 Å². The lowest BCUT2D eigenvalue weighted by atomic mass is 10.0. The van der Waals surface area contributed by atoms with Gasteiger partial charge in [0.25, 0.3) is 0 Å². The van der Waals surface area contributed by atoms with Gasteiger partial charge >= 0.3 is 5.97 Å². The average Bonchev–Trinajstić information content (AvgIpc) is 2.69. The highest BCUT2D eigenvalue weighted by molar-refractivity contribution is 5.92. The Hall–Kier alpha value is -2.98. The summed E-state index contributed by atoms with van der Waals surface area (Å²) in [7, 11) is 0. The molecule has 10 heteroatoms. The number of amides is 3. The van der Waals surface area contributed by atoms with Crippen LogP contribution in [0.3, 0.4) is 0 Å². The fourth-order valence-corrected chi connectivity index (χ4v) is 2.58. The number of carboxylic acids is 1. The second kappa shape index (κ2) is 11.9. The number of aliphatic hydroxyl groups excluding tert-OH is 1. The van der Waals surface area contributed by atoms with Gasteiger partial charge in [-0.05, 0) is 18.4 Å². The van der Waals surface area contributed by atoms with Crippen LogP contribution in [0.4, 0.5) is 0 Å². The first-order chi connectivity index (χ1) is 14.0. The summed E-state index contributed by atoms with van der Waals surface area (Å²) in [6.45, 7) is 4.29. The van der Waals surface area contributed by atoms with Crippen LogP contribution in [0.25, 0.3) is 0 Å². The van der Waals surface area contributed by atoms with Gasteiger partial charge in [-0.3, -0.25) is 14.4 Å². The van der Waals surface area contributed by atoms with Crippen LogP contribution in [0.2, 0.25) is 0 Å². The molecular weight excluding hydrogens is 392 g/mol. The average molecular weight is 422 g/mol. The van der Waals surface area contributed by atoms with E-state index in [1.165, 1.54) is 6.92 Å². The van der Waals surface area contributed by atoms with Crippen molar-refractivity contribution >= 4 is 23.7 Å². The number of carbonyl (C=O) groups is 4. The van der Waals surface area contributed by atoms with Gasteiger partial charge in [0, 0.05) is 6.42 Å². The summed E-state index contributed by atoms with van der Waals surface area (Å²) >= 11 is 0. The molecule has 0 fully saturated rings. The van der Waals surface area contributed by atoms with Crippen molar-refractivity contribution in [2.75, 3.05) is 6.54 Å². The van der Waals surface area contributed by atoms with Crippen LogP contribution in [-0.4, -0.2) is 64.7 Å². The Balaban J connectivity index is 2.71.